The van der Waals surface area contributed by atoms with Gasteiger partial charge in [-0.15, -0.1) is 10.2 Å². The van der Waals surface area contributed by atoms with Gasteiger partial charge in [-0.2, -0.15) is 11.3 Å². The summed E-state index contributed by atoms with van der Waals surface area (Å²) in [4.78, 5) is 12.2. The van der Waals surface area contributed by atoms with Gasteiger partial charge in [-0.05, 0) is 23.6 Å². The minimum atomic E-state index is -0.323. The standard InChI is InChI=1S/C18H18N4O3S2/c23-15(19-14-4-2-1-3-5-14)12-27-18-21-20-17(13-6-9-26-11-13)22(18)10-16-24-7-8-25-16/h1-6,9,11,16H,7-8,10,12H2,(H,19,23). The van der Waals surface area contributed by atoms with Crippen molar-refractivity contribution in [1.29, 1.82) is 0 Å². The van der Waals surface area contributed by atoms with Gasteiger partial charge in [0.25, 0.3) is 0 Å². The number of thioether (sulfide) groups is 1. The fraction of sp³-hybridized carbons (Fsp3) is 0.278. The highest BCUT2D eigenvalue weighted by atomic mass is 32.2. The second-order valence-corrected chi connectivity index (χ2v) is 7.53. The zero-order valence-corrected chi connectivity index (χ0v) is 16.0. The number of carbonyl (C=O) groups is 1. The molecule has 4 rings (SSSR count). The number of nitrogens with one attached hydrogen (secondary N) is 1. The van der Waals surface area contributed by atoms with Crippen LogP contribution in [0, 0.1) is 0 Å². The van der Waals surface area contributed by atoms with Crippen LogP contribution in [0.4, 0.5) is 5.69 Å². The van der Waals surface area contributed by atoms with Crippen molar-refractivity contribution >= 4 is 34.7 Å². The number of rotatable bonds is 7. The average molecular weight is 403 g/mol. The molecule has 0 aliphatic carbocycles. The lowest BCUT2D eigenvalue weighted by molar-refractivity contribution is -0.113. The number of benzene rings is 1. The van der Waals surface area contributed by atoms with Crippen LogP contribution >= 0.6 is 23.1 Å². The van der Waals surface area contributed by atoms with Crippen LogP contribution in [-0.2, 0) is 20.8 Å². The summed E-state index contributed by atoms with van der Waals surface area (Å²) < 4.78 is 13.1. The van der Waals surface area contributed by atoms with Crippen LogP contribution in [0.5, 0.6) is 0 Å². The van der Waals surface area contributed by atoms with Crippen molar-refractivity contribution < 1.29 is 14.3 Å². The molecule has 0 unspecified atom stereocenters. The van der Waals surface area contributed by atoms with Gasteiger partial charge in [0.05, 0.1) is 25.5 Å². The van der Waals surface area contributed by atoms with Crippen LogP contribution < -0.4 is 5.32 Å². The van der Waals surface area contributed by atoms with Gasteiger partial charge in [-0.1, -0.05) is 30.0 Å². The highest BCUT2D eigenvalue weighted by molar-refractivity contribution is 7.99. The number of aromatic nitrogens is 3. The number of hydrogen-bond donors (Lipinski definition) is 1. The van der Waals surface area contributed by atoms with E-state index in [9.17, 15) is 4.79 Å². The molecule has 27 heavy (non-hydrogen) atoms. The lowest BCUT2D eigenvalue weighted by atomic mass is 10.3. The van der Waals surface area contributed by atoms with E-state index in [2.05, 4.69) is 15.5 Å². The summed E-state index contributed by atoms with van der Waals surface area (Å²) in [6, 6.07) is 11.4. The second kappa shape index (κ2) is 8.66. The number of hydrogen-bond acceptors (Lipinski definition) is 7. The normalized spacial score (nSPS) is 14.5. The summed E-state index contributed by atoms with van der Waals surface area (Å²) in [5, 5.41) is 16.2. The Balaban J connectivity index is 1.47. The third-order valence-electron chi connectivity index (χ3n) is 3.91. The average Bonchev–Trinajstić information content (AvgIpc) is 3.44. The van der Waals surface area contributed by atoms with E-state index in [4.69, 9.17) is 9.47 Å². The Morgan fingerprint density at radius 2 is 2.04 bits per heavy atom. The number of nitrogens with zero attached hydrogens (tertiary/aromatic N) is 3. The fourth-order valence-corrected chi connectivity index (χ4v) is 4.06. The second-order valence-electron chi connectivity index (χ2n) is 5.80. The highest BCUT2D eigenvalue weighted by Gasteiger charge is 2.22. The molecule has 3 heterocycles. The van der Waals surface area contributed by atoms with E-state index in [-0.39, 0.29) is 18.0 Å². The van der Waals surface area contributed by atoms with Gasteiger partial charge in [0.15, 0.2) is 17.3 Å². The summed E-state index contributed by atoms with van der Waals surface area (Å²) in [5.41, 5.74) is 1.77. The van der Waals surface area contributed by atoms with E-state index in [0.29, 0.717) is 24.9 Å². The van der Waals surface area contributed by atoms with Crippen molar-refractivity contribution in [1.82, 2.24) is 14.8 Å². The molecular formula is C18H18N4O3S2. The Bertz CT molecular complexity index is 877. The quantitative estimate of drug-likeness (QED) is 0.612. The lowest BCUT2D eigenvalue weighted by Gasteiger charge is -2.13. The lowest BCUT2D eigenvalue weighted by Crippen LogP contribution is -2.19. The third-order valence-corrected chi connectivity index (χ3v) is 5.56. The number of thiophene rings is 1. The molecule has 0 spiro atoms. The first-order valence-corrected chi connectivity index (χ1v) is 10.4. The number of carbonyl (C=O) groups excluding carboxylic acids is 1. The van der Waals surface area contributed by atoms with Gasteiger partial charge in [-0.3, -0.25) is 9.36 Å². The molecule has 1 N–H and O–H groups in total. The van der Waals surface area contributed by atoms with E-state index in [0.717, 1.165) is 17.1 Å². The van der Waals surface area contributed by atoms with Gasteiger partial charge in [0.1, 0.15) is 0 Å². The zero-order chi connectivity index (χ0) is 18.5. The first-order chi connectivity index (χ1) is 13.3. The van der Waals surface area contributed by atoms with E-state index >= 15 is 0 Å². The molecule has 0 atom stereocenters. The van der Waals surface area contributed by atoms with Crippen molar-refractivity contribution in [3.63, 3.8) is 0 Å². The van der Waals surface area contributed by atoms with Crippen molar-refractivity contribution in [2.75, 3.05) is 24.3 Å². The fourth-order valence-electron chi connectivity index (χ4n) is 2.68. The monoisotopic (exact) mass is 402 g/mol. The molecule has 1 fully saturated rings. The van der Waals surface area contributed by atoms with E-state index < -0.39 is 0 Å². The summed E-state index contributed by atoms with van der Waals surface area (Å²) in [6.07, 6.45) is -0.323. The maximum atomic E-state index is 12.2. The zero-order valence-electron chi connectivity index (χ0n) is 14.4. The Morgan fingerprint density at radius 1 is 1.22 bits per heavy atom. The summed E-state index contributed by atoms with van der Waals surface area (Å²) >= 11 is 2.95. The molecule has 1 saturated heterocycles. The number of amides is 1. The van der Waals surface area contributed by atoms with Gasteiger partial charge >= 0.3 is 0 Å². The maximum absolute atomic E-state index is 12.2. The SMILES string of the molecule is O=C(CSc1nnc(-c2ccsc2)n1CC1OCCO1)Nc1ccccc1. The van der Waals surface area contributed by atoms with Gasteiger partial charge in [0, 0.05) is 16.6 Å². The molecule has 1 aromatic carbocycles. The van der Waals surface area contributed by atoms with Crippen LogP contribution in [0.2, 0.25) is 0 Å². The van der Waals surface area contributed by atoms with Crippen molar-refractivity contribution in [3.8, 4) is 11.4 Å². The van der Waals surface area contributed by atoms with Crippen LogP contribution in [-0.4, -0.2) is 45.9 Å². The molecule has 7 nitrogen and oxygen atoms in total. The number of anilines is 1. The first-order valence-electron chi connectivity index (χ1n) is 8.46. The molecule has 1 aliphatic heterocycles. The van der Waals surface area contributed by atoms with Crippen LogP contribution in [0.25, 0.3) is 11.4 Å². The molecule has 0 radical (unpaired) electrons. The van der Waals surface area contributed by atoms with Gasteiger partial charge in [-0.25, -0.2) is 0 Å². The topological polar surface area (TPSA) is 78.3 Å². The first kappa shape index (κ1) is 18.2. The van der Waals surface area contributed by atoms with Crippen molar-refractivity contribution in [2.45, 2.75) is 18.0 Å². The Morgan fingerprint density at radius 3 is 2.78 bits per heavy atom. The number of ether oxygens (including phenoxy) is 2. The number of para-hydroxylation sites is 1. The summed E-state index contributed by atoms with van der Waals surface area (Å²) in [7, 11) is 0. The van der Waals surface area contributed by atoms with Gasteiger partial charge < -0.3 is 14.8 Å². The highest BCUT2D eigenvalue weighted by Crippen LogP contribution is 2.27. The van der Waals surface area contributed by atoms with Crippen molar-refractivity contribution in [3.05, 3.63) is 47.2 Å². The van der Waals surface area contributed by atoms with Crippen LogP contribution in [0.15, 0.2) is 52.3 Å². The Hall–Kier alpha value is -2.20. The van der Waals surface area contributed by atoms with Crippen molar-refractivity contribution in [2.24, 2.45) is 0 Å². The molecule has 1 amide bonds. The molecule has 0 bridgehead atoms. The minimum Gasteiger partial charge on any atom is -0.348 e. The van der Waals surface area contributed by atoms with E-state index in [1.807, 2.05) is 51.7 Å². The van der Waals surface area contributed by atoms with Crippen LogP contribution in [0.3, 0.4) is 0 Å². The molecule has 9 heteroatoms. The van der Waals surface area contributed by atoms with Crippen LogP contribution in [0.1, 0.15) is 0 Å². The molecular weight excluding hydrogens is 384 g/mol. The van der Waals surface area contributed by atoms with Gasteiger partial charge in [0.2, 0.25) is 5.91 Å². The molecule has 2 aromatic heterocycles. The predicted octanol–water partition coefficient (Wildman–Crippen LogP) is 3.11. The Kier molecular flexibility index (Phi) is 5.83. The maximum Gasteiger partial charge on any atom is 0.234 e. The van der Waals surface area contributed by atoms with E-state index in [1.165, 1.54) is 11.8 Å². The molecule has 3 aromatic rings. The summed E-state index contributed by atoms with van der Waals surface area (Å²) in [6.45, 7) is 1.66. The molecule has 140 valence electrons. The third kappa shape index (κ3) is 4.56. The Labute approximate surface area is 164 Å². The molecule has 0 saturated carbocycles. The smallest absolute Gasteiger partial charge is 0.234 e. The van der Waals surface area contributed by atoms with E-state index in [1.54, 1.807) is 11.3 Å². The summed E-state index contributed by atoms with van der Waals surface area (Å²) in [5.74, 6) is 0.899. The predicted molar refractivity (Wildman–Crippen MR) is 105 cm³/mol. The largest absolute Gasteiger partial charge is 0.348 e. The minimum absolute atomic E-state index is 0.0915. The molecule has 1 aliphatic rings.